The number of rotatable bonds is 4. The minimum atomic E-state index is -0.504. The number of benzene rings is 1. The summed E-state index contributed by atoms with van der Waals surface area (Å²) in [5, 5.41) is 19.6. The molecule has 8 heteroatoms. The van der Waals surface area contributed by atoms with E-state index in [1.807, 2.05) is 13.8 Å². The van der Waals surface area contributed by atoms with Crippen molar-refractivity contribution in [3.63, 3.8) is 0 Å². The molecule has 1 heterocycles. The number of carbonyl (C=O) groups is 1. The van der Waals surface area contributed by atoms with Crippen LogP contribution in [0.15, 0.2) is 24.3 Å². The number of hydrogen-bond acceptors (Lipinski definition) is 5. The Bertz CT molecular complexity index is 633. The first-order chi connectivity index (χ1) is 9.47. The number of nitro benzene ring substituents is 1. The summed E-state index contributed by atoms with van der Waals surface area (Å²) in [6.45, 7) is 3.86. The summed E-state index contributed by atoms with van der Waals surface area (Å²) in [7, 11) is 0. The molecule has 0 atom stereocenters. The first-order valence-electron chi connectivity index (χ1n) is 5.95. The zero-order valence-corrected chi connectivity index (χ0v) is 11.0. The number of amides is 1. The van der Waals surface area contributed by atoms with Crippen molar-refractivity contribution in [2.24, 2.45) is 0 Å². The molecular weight excluding hydrogens is 262 g/mol. The van der Waals surface area contributed by atoms with Gasteiger partial charge < -0.3 is 5.32 Å². The van der Waals surface area contributed by atoms with Crippen LogP contribution in [0.5, 0.6) is 0 Å². The lowest BCUT2D eigenvalue weighted by molar-refractivity contribution is -0.384. The van der Waals surface area contributed by atoms with E-state index in [2.05, 4.69) is 20.5 Å². The van der Waals surface area contributed by atoms with Crippen LogP contribution in [0.1, 0.15) is 36.2 Å². The van der Waals surface area contributed by atoms with E-state index in [0.717, 1.165) is 0 Å². The predicted octanol–water partition coefficient (Wildman–Crippen LogP) is 2.09. The number of nitrogens with one attached hydrogen (secondary N) is 2. The summed E-state index contributed by atoms with van der Waals surface area (Å²) < 4.78 is 0. The minimum absolute atomic E-state index is 0.0343. The molecular formula is C12H13N5O3. The number of non-ortho nitro benzene ring substituents is 1. The highest BCUT2D eigenvalue weighted by molar-refractivity contribution is 6.01. The van der Waals surface area contributed by atoms with Crippen molar-refractivity contribution in [1.29, 1.82) is 0 Å². The average Bonchev–Trinajstić information content (AvgIpc) is 2.89. The average molecular weight is 275 g/mol. The van der Waals surface area contributed by atoms with E-state index in [9.17, 15) is 14.9 Å². The molecule has 0 unspecified atom stereocenters. The van der Waals surface area contributed by atoms with E-state index in [4.69, 9.17) is 0 Å². The SMILES string of the molecule is CC(C)c1nc(C(=O)Nc2ccc([N+](=O)[O-])cc2)n[nH]1. The third-order valence-electron chi connectivity index (χ3n) is 2.59. The smallest absolute Gasteiger partial charge is 0.295 e. The molecule has 2 aromatic rings. The van der Waals surface area contributed by atoms with Gasteiger partial charge in [0.05, 0.1) is 4.92 Å². The van der Waals surface area contributed by atoms with Gasteiger partial charge in [0.15, 0.2) is 0 Å². The molecule has 2 N–H and O–H groups in total. The van der Waals surface area contributed by atoms with Gasteiger partial charge in [0.2, 0.25) is 5.82 Å². The van der Waals surface area contributed by atoms with Crippen LogP contribution in [0.2, 0.25) is 0 Å². The maximum atomic E-state index is 11.9. The zero-order chi connectivity index (χ0) is 14.7. The number of nitrogens with zero attached hydrogens (tertiary/aromatic N) is 3. The number of aromatic nitrogens is 3. The summed E-state index contributed by atoms with van der Waals surface area (Å²) in [4.78, 5) is 26.0. The van der Waals surface area contributed by atoms with Crippen molar-refractivity contribution in [1.82, 2.24) is 15.2 Å². The molecule has 0 aliphatic heterocycles. The van der Waals surface area contributed by atoms with Crippen LogP contribution >= 0.6 is 0 Å². The number of H-pyrrole nitrogens is 1. The molecule has 0 aliphatic rings. The summed E-state index contributed by atoms with van der Waals surface area (Å²) in [5.74, 6) is 0.330. The van der Waals surface area contributed by atoms with Gasteiger partial charge in [0, 0.05) is 23.7 Å². The molecule has 0 spiro atoms. The van der Waals surface area contributed by atoms with Gasteiger partial charge in [-0.15, -0.1) is 5.10 Å². The van der Waals surface area contributed by atoms with E-state index in [1.165, 1.54) is 24.3 Å². The van der Waals surface area contributed by atoms with Crippen molar-refractivity contribution in [3.8, 4) is 0 Å². The highest BCUT2D eigenvalue weighted by Crippen LogP contribution is 2.16. The Morgan fingerprint density at radius 1 is 1.35 bits per heavy atom. The molecule has 104 valence electrons. The highest BCUT2D eigenvalue weighted by atomic mass is 16.6. The number of nitro groups is 1. The lowest BCUT2D eigenvalue weighted by Gasteiger charge is -2.01. The Hall–Kier alpha value is -2.77. The third-order valence-corrected chi connectivity index (χ3v) is 2.59. The molecule has 8 nitrogen and oxygen atoms in total. The normalized spacial score (nSPS) is 10.6. The summed E-state index contributed by atoms with van der Waals surface area (Å²) >= 11 is 0. The van der Waals surface area contributed by atoms with Crippen LogP contribution < -0.4 is 5.32 Å². The molecule has 0 saturated heterocycles. The lowest BCUT2D eigenvalue weighted by Crippen LogP contribution is -2.13. The standard InChI is InChI=1S/C12H13N5O3/c1-7(2)10-14-11(16-15-10)12(18)13-8-3-5-9(6-4-8)17(19)20/h3-7H,1-2H3,(H,13,18)(H,14,15,16). The van der Waals surface area contributed by atoms with Crippen molar-refractivity contribution in [3.05, 3.63) is 46.0 Å². The number of aromatic amines is 1. The Balaban J connectivity index is 2.08. The number of carbonyl (C=O) groups excluding carboxylic acids is 1. The molecule has 1 aromatic carbocycles. The summed E-state index contributed by atoms with van der Waals surface area (Å²) in [6.07, 6.45) is 0. The van der Waals surface area contributed by atoms with Crippen LogP contribution in [-0.2, 0) is 0 Å². The fourth-order valence-corrected chi connectivity index (χ4v) is 1.49. The van der Waals surface area contributed by atoms with Crippen molar-refractivity contribution in [2.75, 3.05) is 5.32 Å². The molecule has 0 aliphatic carbocycles. The second-order valence-corrected chi connectivity index (χ2v) is 4.46. The van der Waals surface area contributed by atoms with Crippen molar-refractivity contribution >= 4 is 17.3 Å². The first kappa shape index (κ1) is 13.7. The fourth-order valence-electron chi connectivity index (χ4n) is 1.49. The van der Waals surface area contributed by atoms with Gasteiger partial charge in [-0.1, -0.05) is 13.8 Å². The van der Waals surface area contributed by atoms with Crippen LogP contribution in [0.25, 0.3) is 0 Å². The number of hydrogen-bond donors (Lipinski definition) is 2. The highest BCUT2D eigenvalue weighted by Gasteiger charge is 2.14. The molecule has 1 aromatic heterocycles. The quantitative estimate of drug-likeness (QED) is 0.655. The van der Waals surface area contributed by atoms with Crippen LogP contribution in [0.4, 0.5) is 11.4 Å². The Kier molecular flexibility index (Phi) is 3.74. The first-order valence-corrected chi connectivity index (χ1v) is 5.95. The maximum absolute atomic E-state index is 11.9. The second kappa shape index (κ2) is 5.47. The van der Waals surface area contributed by atoms with E-state index in [0.29, 0.717) is 11.5 Å². The van der Waals surface area contributed by atoms with Gasteiger partial charge in [-0.3, -0.25) is 20.0 Å². The molecule has 20 heavy (non-hydrogen) atoms. The zero-order valence-electron chi connectivity index (χ0n) is 11.0. The topological polar surface area (TPSA) is 114 Å². The van der Waals surface area contributed by atoms with Crippen LogP contribution in [0.3, 0.4) is 0 Å². The van der Waals surface area contributed by atoms with Gasteiger partial charge in [-0.2, -0.15) is 0 Å². The minimum Gasteiger partial charge on any atom is -0.319 e. The Labute approximate surface area is 114 Å². The lowest BCUT2D eigenvalue weighted by atomic mass is 10.2. The van der Waals surface area contributed by atoms with Gasteiger partial charge in [-0.05, 0) is 12.1 Å². The van der Waals surface area contributed by atoms with E-state index < -0.39 is 10.8 Å². The van der Waals surface area contributed by atoms with E-state index in [-0.39, 0.29) is 17.4 Å². The largest absolute Gasteiger partial charge is 0.319 e. The molecule has 1 amide bonds. The monoisotopic (exact) mass is 275 g/mol. The number of anilines is 1. The van der Waals surface area contributed by atoms with Crippen LogP contribution in [-0.4, -0.2) is 26.0 Å². The second-order valence-electron chi connectivity index (χ2n) is 4.46. The Morgan fingerprint density at radius 2 is 2.00 bits per heavy atom. The predicted molar refractivity (Wildman–Crippen MR) is 71.5 cm³/mol. The fraction of sp³-hybridized carbons (Fsp3) is 0.250. The molecule has 0 fully saturated rings. The van der Waals surface area contributed by atoms with Gasteiger partial charge in [0.25, 0.3) is 11.6 Å². The summed E-state index contributed by atoms with van der Waals surface area (Å²) in [5.41, 5.74) is 0.402. The van der Waals surface area contributed by atoms with Gasteiger partial charge in [-0.25, -0.2) is 4.98 Å². The molecule has 0 bridgehead atoms. The molecule has 2 rings (SSSR count). The van der Waals surface area contributed by atoms with Crippen molar-refractivity contribution in [2.45, 2.75) is 19.8 Å². The third kappa shape index (κ3) is 2.97. The summed E-state index contributed by atoms with van der Waals surface area (Å²) in [6, 6.07) is 5.53. The van der Waals surface area contributed by atoms with E-state index in [1.54, 1.807) is 0 Å². The van der Waals surface area contributed by atoms with Gasteiger partial charge in [0.1, 0.15) is 5.82 Å². The van der Waals surface area contributed by atoms with Gasteiger partial charge >= 0.3 is 0 Å². The van der Waals surface area contributed by atoms with Crippen LogP contribution in [0, 0.1) is 10.1 Å². The molecule has 0 radical (unpaired) electrons. The molecule has 0 saturated carbocycles. The van der Waals surface area contributed by atoms with Crippen molar-refractivity contribution < 1.29 is 9.72 Å². The Morgan fingerprint density at radius 3 is 2.50 bits per heavy atom. The maximum Gasteiger partial charge on any atom is 0.295 e. The van der Waals surface area contributed by atoms with E-state index >= 15 is 0 Å².